The van der Waals surface area contributed by atoms with Gasteiger partial charge in [0.15, 0.2) is 5.96 Å². The lowest BCUT2D eigenvalue weighted by atomic mass is 9.93. The molecule has 2 amide bonds. The number of nitrogens with two attached hydrogens (primary N) is 1. The molecule has 1 aliphatic rings. The van der Waals surface area contributed by atoms with Gasteiger partial charge in [0, 0.05) is 23.7 Å². The van der Waals surface area contributed by atoms with Gasteiger partial charge >= 0.3 is 5.97 Å². The molecule has 2 aromatic carbocycles. The van der Waals surface area contributed by atoms with E-state index in [4.69, 9.17) is 28.9 Å². The predicted molar refractivity (Wildman–Crippen MR) is 134 cm³/mol. The van der Waals surface area contributed by atoms with E-state index in [2.05, 4.69) is 27.8 Å². The Morgan fingerprint density at radius 3 is 2.56 bits per heavy atom. The minimum absolute atomic E-state index is 0.0791. The molecule has 12 heteroatoms. The topological polar surface area (TPSA) is 137 Å². The van der Waals surface area contributed by atoms with E-state index in [0.29, 0.717) is 35.7 Å². The van der Waals surface area contributed by atoms with Crippen molar-refractivity contribution in [3.8, 4) is 0 Å². The molecule has 34 heavy (non-hydrogen) atoms. The van der Waals surface area contributed by atoms with Crippen LogP contribution in [0.25, 0.3) is 0 Å². The number of carboxylic acids is 1. The number of nitrogens with zero attached hydrogens (tertiary/aromatic N) is 2. The maximum absolute atomic E-state index is 12.9. The van der Waals surface area contributed by atoms with Gasteiger partial charge in [-0.2, -0.15) is 0 Å². The SMILES string of the molecule is Cc1cc2c(c(Cl)c1C(=O)N[C@@H](CN=C(N)NS)C(=O)O)CCN(C(=O)c1ccc(Cl)cc1)C2. The summed E-state index contributed by atoms with van der Waals surface area (Å²) in [5.74, 6) is -2.11. The summed E-state index contributed by atoms with van der Waals surface area (Å²) in [5.41, 5.74) is 8.33. The van der Waals surface area contributed by atoms with E-state index in [1.165, 1.54) is 0 Å². The Hall–Kier alpha value is -2.95. The third-order valence-electron chi connectivity index (χ3n) is 5.42. The molecule has 0 aliphatic carbocycles. The first-order valence-electron chi connectivity index (χ1n) is 10.2. The molecule has 2 aromatic rings. The maximum atomic E-state index is 12.9. The van der Waals surface area contributed by atoms with Gasteiger partial charge in [0.1, 0.15) is 6.04 Å². The number of hydrogen-bond acceptors (Lipinski definition) is 5. The number of halogens is 2. The fourth-order valence-corrected chi connectivity index (χ4v) is 4.34. The molecule has 0 saturated carbocycles. The highest BCUT2D eigenvalue weighted by Gasteiger charge is 2.29. The van der Waals surface area contributed by atoms with Crippen LogP contribution in [0.1, 0.15) is 37.4 Å². The number of carboxylic acid groups (broad SMARTS) is 1. The Morgan fingerprint density at radius 2 is 1.94 bits per heavy atom. The monoisotopic (exact) mass is 523 g/mol. The van der Waals surface area contributed by atoms with E-state index in [9.17, 15) is 19.5 Å². The molecule has 5 N–H and O–H groups in total. The lowest BCUT2D eigenvalue weighted by Gasteiger charge is -2.31. The van der Waals surface area contributed by atoms with Crippen LogP contribution in [0.3, 0.4) is 0 Å². The number of nitrogens with one attached hydrogen (secondary N) is 2. The molecule has 0 radical (unpaired) electrons. The number of rotatable bonds is 6. The van der Waals surface area contributed by atoms with Gasteiger partial charge in [-0.25, -0.2) is 9.79 Å². The highest BCUT2D eigenvalue weighted by molar-refractivity contribution is 7.78. The smallest absolute Gasteiger partial charge is 0.328 e. The zero-order chi connectivity index (χ0) is 25.0. The number of aryl methyl sites for hydroxylation is 1. The van der Waals surface area contributed by atoms with Crippen molar-refractivity contribution in [2.75, 3.05) is 13.1 Å². The summed E-state index contributed by atoms with van der Waals surface area (Å²) in [6.07, 6.45) is 0.449. The van der Waals surface area contributed by atoms with Crippen molar-refractivity contribution in [3.05, 3.63) is 68.2 Å². The van der Waals surface area contributed by atoms with Crippen molar-refractivity contribution in [1.82, 2.24) is 14.9 Å². The highest BCUT2D eigenvalue weighted by Crippen LogP contribution is 2.32. The van der Waals surface area contributed by atoms with Crippen molar-refractivity contribution in [1.29, 1.82) is 0 Å². The van der Waals surface area contributed by atoms with Crippen LogP contribution in [0.5, 0.6) is 0 Å². The van der Waals surface area contributed by atoms with Crippen molar-refractivity contribution in [2.45, 2.75) is 25.9 Å². The summed E-state index contributed by atoms with van der Waals surface area (Å²) < 4.78 is 2.28. The zero-order valence-corrected chi connectivity index (χ0v) is 20.5. The zero-order valence-electron chi connectivity index (χ0n) is 18.1. The number of aliphatic imine (C=N–C) groups is 1. The van der Waals surface area contributed by atoms with Gasteiger partial charge in [0.25, 0.3) is 11.8 Å². The van der Waals surface area contributed by atoms with Crippen LogP contribution in [0.2, 0.25) is 10.0 Å². The molecule has 1 atom stereocenters. The van der Waals surface area contributed by atoms with Gasteiger partial charge in [-0.15, -0.1) is 0 Å². The summed E-state index contributed by atoms with van der Waals surface area (Å²) in [6, 6.07) is 7.17. The molecule has 180 valence electrons. The van der Waals surface area contributed by atoms with Gasteiger partial charge in [-0.3, -0.25) is 9.59 Å². The van der Waals surface area contributed by atoms with Crippen LogP contribution in [-0.4, -0.2) is 52.9 Å². The number of benzene rings is 2. The van der Waals surface area contributed by atoms with E-state index in [1.807, 2.05) is 0 Å². The number of guanidine groups is 1. The summed E-state index contributed by atoms with van der Waals surface area (Å²) in [4.78, 5) is 42.9. The maximum Gasteiger partial charge on any atom is 0.328 e. The van der Waals surface area contributed by atoms with E-state index in [-0.39, 0.29) is 29.0 Å². The Bertz CT molecular complexity index is 1160. The first-order valence-corrected chi connectivity index (χ1v) is 11.4. The molecule has 3 rings (SSSR count). The van der Waals surface area contributed by atoms with Gasteiger partial charge < -0.3 is 25.8 Å². The largest absolute Gasteiger partial charge is 0.480 e. The van der Waals surface area contributed by atoms with E-state index >= 15 is 0 Å². The average molecular weight is 524 g/mol. The molecular weight excluding hydrogens is 501 g/mol. The summed E-state index contributed by atoms with van der Waals surface area (Å²) >= 11 is 16.2. The van der Waals surface area contributed by atoms with Crippen LogP contribution >= 0.6 is 36.0 Å². The van der Waals surface area contributed by atoms with Crippen molar-refractivity contribution < 1.29 is 19.5 Å². The summed E-state index contributed by atoms with van der Waals surface area (Å²) in [7, 11) is 0. The lowest BCUT2D eigenvalue weighted by Crippen LogP contribution is -2.44. The number of carbonyl (C=O) groups is 3. The molecule has 9 nitrogen and oxygen atoms in total. The number of hydrogen-bond donors (Lipinski definition) is 5. The van der Waals surface area contributed by atoms with Crippen molar-refractivity contribution in [2.24, 2.45) is 10.7 Å². The number of carbonyl (C=O) groups excluding carboxylic acids is 2. The second kappa shape index (κ2) is 11.0. The number of thiol groups is 1. The molecule has 0 fully saturated rings. The van der Waals surface area contributed by atoms with Gasteiger partial charge in [-0.1, -0.05) is 42.1 Å². The minimum atomic E-state index is -1.31. The molecule has 0 unspecified atom stereocenters. The standard InChI is InChI=1S/C22H23Cl2N5O4S/c1-11-8-13-10-29(20(31)12-2-4-14(23)5-3-12)7-6-15(13)18(24)17(11)19(30)27-16(21(32)33)9-26-22(25)28-34/h2-5,8,16,34H,6-7,9-10H2,1H3,(H,27,30)(H,32,33)(H3,25,26,28)/t16-/m0/s1. The molecule has 0 saturated heterocycles. The minimum Gasteiger partial charge on any atom is -0.480 e. The molecule has 1 aliphatic heterocycles. The van der Waals surface area contributed by atoms with Gasteiger partial charge in [0.2, 0.25) is 0 Å². The molecular formula is C22H23Cl2N5O4S. The third-order valence-corrected chi connectivity index (χ3v) is 6.32. The fraction of sp³-hybridized carbons (Fsp3) is 0.273. The Balaban J connectivity index is 1.81. The number of fused-ring (bicyclic) bond motifs is 1. The Kier molecular flexibility index (Phi) is 8.29. The fourth-order valence-electron chi connectivity index (χ4n) is 3.70. The van der Waals surface area contributed by atoms with Crippen LogP contribution < -0.4 is 15.8 Å². The van der Waals surface area contributed by atoms with Crippen LogP contribution in [0.4, 0.5) is 0 Å². The summed E-state index contributed by atoms with van der Waals surface area (Å²) in [6.45, 7) is 2.17. The van der Waals surface area contributed by atoms with Crippen LogP contribution in [0, 0.1) is 6.92 Å². The second-order valence-electron chi connectivity index (χ2n) is 7.71. The quantitative estimate of drug-likeness (QED) is 0.224. The molecule has 0 bridgehead atoms. The normalized spacial score (nSPS) is 14.2. The Morgan fingerprint density at radius 1 is 1.26 bits per heavy atom. The Labute approximate surface area is 211 Å². The molecule has 0 aromatic heterocycles. The summed E-state index contributed by atoms with van der Waals surface area (Å²) in [5, 5.41) is 12.7. The average Bonchev–Trinajstić information content (AvgIpc) is 2.80. The molecule has 1 heterocycles. The van der Waals surface area contributed by atoms with E-state index in [0.717, 1.165) is 11.1 Å². The van der Waals surface area contributed by atoms with E-state index < -0.39 is 17.9 Å². The van der Waals surface area contributed by atoms with Gasteiger partial charge in [0.05, 0.1) is 17.1 Å². The third kappa shape index (κ3) is 5.75. The number of amides is 2. The van der Waals surface area contributed by atoms with Gasteiger partial charge in [-0.05, 0) is 54.3 Å². The highest BCUT2D eigenvalue weighted by atomic mass is 35.5. The van der Waals surface area contributed by atoms with Crippen molar-refractivity contribution in [3.63, 3.8) is 0 Å². The first kappa shape index (κ1) is 25.7. The number of aliphatic carboxylic acids is 1. The molecule has 0 spiro atoms. The van der Waals surface area contributed by atoms with Crippen LogP contribution in [0.15, 0.2) is 35.3 Å². The van der Waals surface area contributed by atoms with Crippen molar-refractivity contribution >= 4 is 59.8 Å². The lowest BCUT2D eigenvalue weighted by molar-refractivity contribution is -0.138. The first-order chi connectivity index (χ1) is 16.1. The predicted octanol–water partition coefficient (Wildman–Crippen LogP) is 2.43. The second-order valence-corrected chi connectivity index (χ2v) is 8.74. The van der Waals surface area contributed by atoms with E-state index in [1.54, 1.807) is 42.2 Å². The van der Waals surface area contributed by atoms with Crippen LogP contribution in [-0.2, 0) is 17.8 Å².